The number of halogens is 3. The lowest BCUT2D eigenvalue weighted by atomic mass is 10.0. The van der Waals surface area contributed by atoms with Crippen molar-refractivity contribution in [2.24, 2.45) is 0 Å². The lowest BCUT2D eigenvalue weighted by molar-refractivity contribution is -0.116. The monoisotopic (exact) mass is 306 g/mol. The first-order valence-electron chi connectivity index (χ1n) is 5.77. The highest BCUT2D eigenvalue weighted by Gasteiger charge is 2.23. The molecule has 0 N–H and O–H groups in total. The first-order chi connectivity index (χ1) is 9.36. The van der Waals surface area contributed by atoms with Crippen molar-refractivity contribution in [1.29, 1.82) is 0 Å². The Hall–Kier alpha value is -1.69. The van der Waals surface area contributed by atoms with E-state index in [0.717, 1.165) is 6.07 Å². The van der Waals surface area contributed by atoms with Crippen LogP contribution in [-0.4, -0.2) is 25.0 Å². The molecule has 7 heteroatoms. The number of Topliss-reactive ketones (excluding diaryl/α,β-unsaturated/α-hetero) is 1. The average Bonchev–Trinajstić information content (AvgIpc) is 2.37. The van der Waals surface area contributed by atoms with Crippen LogP contribution in [0.4, 0.5) is 8.78 Å². The second-order valence-corrected chi connectivity index (χ2v) is 4.26. The molecule has 0 aliphatic rings. The fourth-order valence-electron chi connectivity index (χ4n) is 1.54. The second kappa shape index (κ2) is 7.19. The zero-order valence-corrected chi connectivity index (χ0v) is 11.6. The van der Waals surface area contributed by atoms with Crippen molar-refractivity contribution in [2.45, 2.75) is 25.8 Å². The molecule has 20 heavy (non-hydrogen) atoms. The molecule has 110 valence electrons. The second-order valence-electron chi connectivity index (χ2n) is 3.82. The summed E-state index contributed by atoms with van der Waals surface area (Å²) in [5.41, 5.74) is 0.124. The van der Waals surface area contributed by atoms with Crippen LogP contribution in [0, 0.1) is 0 Å². The van der Waals surface area contributed by atoms with Gasteiger partial charge in [0.25, 0.3) is 0 Å². The molecule has 1 unspecified atom stereocenters. The standard InChI is InChI=1S/C13H13ClF2O4/c1-3-19-12(18)9-5-4-8(20-13(15)16)6-10(9)11(14)7(2)17/h4-6,11,13H,3H2,1-2H3. The van der Waals surface area contributed by atoms with E-state index in [9.17, 15) is 18.4 Å². The summed E-state index contributed by atoms with van der Waals surface area (Å²) in [6.45, 7) is -0.0228. The van der Waals surface area contributed by atoms with Crippen LogP contribution in [0.3, 0.4) is 0 Å². The predicted molar refractivity (Wildman–Crippen MR) is 68.3 cm³/mol. The zero-order chi connectivity index (χ0) is 15.3. The quantitative estimate of drug-likeness (QED) is 0.597. The van der Waals surface area contributed by atoms with Gasteiger partial charge in [0.05, 0.1) is 12.2 Å². The first-order valence-corrected chi connectivity index (χ1v) is 6.20. The molecule has 0 heterocycles. The van der Waals surface area contributed by atoms with Crippen molar-refractivity contribution in [3.05, 3.63) is 29.3 Å². The van der Waals surface area contributed by atoms with Crippen LogP contribution in [0.15, 0.2) is 18.2 Å². The van der Waals surface area contributed by atoms with Gasteiger partial charge in [-0.1, -0.05) is 0 Å². The van der Waals surface area contributed by atoms with Gasteiger partial charge < -0.3 is 9.47 Å². The van der Waals surface area contributed by atoms with Crippen LogP contribution in [0.1, 0.15) is 35.1 Å². The number of ether oxygens (including phenoxy) is 2. The molecular formula is C13H13ClF2O4. The summed E-state index contributed by atoms with van der Waals surface area (Å²) in [6, 6.07) is 3.56. The van der Waals surface area contributed by atoms with Crippen LogP contribution in [0.25, 0.3) is 0 Å². The average molecular weight is 307 g/mol. The molecule has 0 fully saturated rings. The minimum atomic E-state index is -3.01. The number of carbonyl (C=O) groups is 2. The number of hydrogen-bond donors (Lipinski definition) is 0. The minimum Gasteiger partial charge on any atom is -0.462 e. The maximum atomic E-state index is 12.2. The molecule has 0 aliphatic heterocycles. The molecule has 4 nitrogen and oxygen atoms in total. The van der Waals surface area contributed by atoms with E-state index in [1.54, 1.807) is 6.92 Å². The van der Waals surface area contributed by atoms with E-state index in [1.807, 2.05) is 0 Å². The molecule has 0 saturated heterocycles. The zero-order valence-electron chi connectivity index (χ0n) is 10.9. The number of benzene rings is 1. The predicted octanol–water partition coefficient (Wildman–Crippen LogP) is 3.33. The number of alkyl halides is 3. The Morgan fingerprint density at radius 1 is 1.35 bits per heavy atom. The lowest BCUT2D eigenvalue weighted by Crippen LogP contribution is -2.13. The van der Waals surface area contributed by atoms with E-state index in [0.29, 0.717) is 0 Å². The van der Waals surface area contributed by atoms with Crippen molar-refractivity contribution in [3.8, 4) is 5.75 Å². The van der Waals surface area contributed by atoms with Gasteiger partial charge >= 0.3 is 12.6 Å². The Morgan fingerprint density at radius 2 is 2.00 bits per heavy atom. The number of esters is 1. The number of rotatable bonds is 6. The molecule has 1 aromatic carbocycles. The van der Waals surface area contributed by atoms with Gasteiger partial charge in [-0.05, 0) is 37.6 Å². The minimum absolute atomic E-state index is 0.0451. The molecule has 0 aromatic heterocycles. The van der Waals surface area contributed by atoms with E-state index < -0.39 is 23.7 Å². The largest absolute Gasteiger partial charge is 0.462 e. The highest BCUT2D eigenvalue weighted by molar-refractivity contribution is 6.31. The Morgan fingerprint density at radius 3 is 2.50 bits per heavy atom. The highest BCUT2D eigenvalue weighted by Crippen LogP contribution is 2.30. The van der Waals surface area contributed by atoms with Gasteiger partial charge in [-0.25, -0.2) is 4.79 Å². The van der Waals surface area contributed by atoms with E-state index >= 15 is 0 Å². The van der Waals surface area contributed by atoms with Gasteiger partial charge in [-0.15, -0.1) is 11.6 Å². The van der Waals surface area contributed by atoms with E-state index in [4.69, 9.17) is 16.3 Å². The van der Waals surface area contributed by atoms with Crippen LogP contribution in [0.2, 0.25) is 0 Å². The topological polar surface area (TPSA) is 52.6 Å². The van der Waals surface area contributed by atoms with E-state index in [2.05, 4.69) is 4.74 Å². The maximum Gasteiger partial charge on any atom is 0.387 e. The Labute approximate surface area is 119 Å². The fourth-order valence-corrected chi connectivity index (χ4v) is 1.72. The molecule has 0 aliphatic carbocycles. The highest BCUT2D eigenvalue weighted by atomic mass is 35.5. The molecule has 0 radical (unpaired) electrons. The molecule has 1 rings (SSSR count). The molecule has 0 amide bonds. The molecule has 0 bridgehead atoms. The summed E-state index contributed by atoms with van der Waals surface area (Å²) in [5.74, 6) is -1.29. The molecule has 0 spiro atoms. The summed E-state index contributed by atoms with van der Waals surface area (Å²) in [6.07, 6.45) is 0. The van der Waals surface area contributed by atoms with Crippen molar-refractivity contribution < 1.29 is 27.8 Å². The van der Waals surface area contributed by atoms with Gasteiger partial charge in [0.15, 0.2) is 5.78 Å². The summed E-state index contributed by atoms with van der Waals surface area (Å²) >= 11 is 5.90. The van der Waals surface area contributed by atoms with Crippen molar-refractivity contribution >= 4 is 23.4 Å². The number of ketones is 1. The van der Waals surface area contributed by atoms with E-state index in [1.165, 1.54) is 19.1 Å². The molecule has 1 aromatic rings. The maximum absolute atomic E-state index is 12.2. The normalized spacial score (nSPS) is 12.1. The summed E-state index contributed by atoms with van der Waals surface area (Å²) < 4.78 is 33.4. The number of hydrogen-bond acceptors (Lipinski definition) is 4. The Bertz CT molecular complexity index is 505. The lowest BCUT2D eigenvalue weighted by Gasteiger charge is -2.14. The number of carbonyl (C=O) groups excluding carboxylic acids is 2. The van der Waals surface area contributed by atoms with Crippen LogP contribution in [-0.2, 0) is 9.53 Å². The van der Waals surface area contributed by atoms with Crippen LogP contribution in [0.5, 0.6) is 5.75 Å². The fraction of sp³-hybridized carbons (Fsp3) is 0.385. The van der Waals surface area contributed by atoms with Gasteiger partial charge in [0, 0.05) is 0 Å². The molecule has 0 saturated carbocycles. The third kappa shape index (κ3) is 4.16. The smallest absolute Gasteiger partial charge is 0.387 e. The van der Waals surface area contributed by atoms with Crippen molar-refractivity contribution in [1.82, 2.24) is 0 Å². The van der Waals surface area contributed by atoms with Gasteiger partial charge in [0.1, 0.15) is 11.1 Å². The summed E-state index contributed by atoms with van der Waals surface area (Å²) in [5, 5.41) is -1.14. The third-order valence-corrected chi connectivity index (χ3v) is 2.92. The molecule has 1 atom stereocenters. The van der Waals surface area contributed by atoms with Gasteiger partial charge in [-0.3, -0.25) is 4.79 Å². The first kappa shape index (κ1) is 16.4. The third-order valence-electron chi connectivity index (χ3n) is 2.37. The Kier molecular flexibility index (Phi) is 5.88. The molecular weight excluding hydrogens is 294 g/mol. The van der Waals surface area contributed by atoms with Crippen molar-refractivity contribution in [3.63, 3.8) is 0 Å². The van der Waals surface area contributed by atoms with Crippen LogP contribution >= 0.6 is 11.6 Å². The Balaban J connectivity index is 3.22. The van der Waals surface area contributed by atoms with E-state index in [-0.39, 0.29) is 23.5 Å². The SMILES string of the molecule is CCOC(=O)c1ccc(OC(F)F)cc1C(Cl)C(C)=O. The van der Waals surface area contributed by atoms with Crippen LogP contribution < -0.4 is 4.74 Å². The summed E-state index contributed by atoms with van der Waals surface area (Å²) in [4.78, 5) is 23.1. The van der Waals surface area contributed by atoms with Gasteiger partial charge in [-0.2, -0.15) is 8.78 Å². The van der Waals surface area contributed by atoms with Gasteiger partial charge in [0.2, 0.25) is 0 Å². The summed E-state index contributed by atoms with van der Waals surface area (Å²) in [7, 11) is 0. The van der Waals surface area contributed by atoms with Crippen molar-refractivity contribution in [2.75, 3.05) is 6.61 Å².